The first-order valence-electron chi connectivity index (χ1n) is 3.38. The predicted molar refractivity (Wildman–Crippen MR) is 43.8 cm³/mol. The Kier molecular flexibility index (Phi) is 2.93. The van der Waals surface area contributed by atoms with Crippen molar-refractivity contribution in [2.75, 3.05) is 5.32 Å². The van der Waals surface area contributed by atoms with Gasteiger partial charge in [0.05, 0.1) is 6.20 Å². The van der Waals surface area contributed by atoms with Crippen LogP contribution in [0.4, 0.5) is 18.2 Å². The van der Waals surface area contributed by atoms with E-state index in [4.69, 9.17) is 5.11 Å². The third-order valence-electron chi connectivity index (χ3n) is 1.18. The number of anilines is 1. The number of halogens is 3. The van der Waals surface area contributed by atoms with E-state index >= 15 is 0 Å². The molecular formula is C6H3F3N2O3S. The van der Waals surface area contributed by atoms with Gasteiger partial charge in [-0.15, -0.1) is 0 Å². The van der Waals surface area contributed by atoms with Crippen LogP contribution in [0.5, 0.6) is 0 Å². The van der Waals surface area contributed by atoms with E-state index in [2.05, 4.69) is 4.98 Å². The fourth-order valence-electron chi connectivity index (χ4n) is 0.614. The molecule has 9 heteroatoms. The quantitative estimate of drug-likeness (QED) is 0.817. The zero-order valence-electron chi connectivity index (χ0n) is 6.83. The molecule has 82 valence electrons. The van der Waals surface area contributed by atoms with Crippen LogP contribution < -0.4 is 5.32 Å². The van der Waals surface area contributed by atoms with Gasteiger partial charge in [0.25, 0.3) is 0 Å². The molecule has 0 unspecified atom stereocenters. The van der Waals surface area contributed by atoms with E-state index in [-0.39, 0.29) is 5.00 Å². The molecule has 1 rings (SSSR count). The van der Waals surface area contributed by atoms with Crippen molar-refractivity contribution in [1.82, 2.24) is 4.98 Å². The molecule has 2 N–H and O–H groups in total. The number of aromatic carboxylic acids is 1. The number of rotatable bonds is 2. The Hall–Kier alpha value is -1.64. The minimum atomic E-state index is -5.01. The monoisotopic (exact) mass is 240 g/mol. The van der Waals surface area contributed by atoms with Crippen molar-refractivity contribution < 1.29 is 27.9 Å². The molecule has 0 fully saturated rings. The Labute approximate surface area is 84.5 Å². The van der Waals surface area contributed by atoms with Crippen LogP contribution in [-0.2, 0) is 4.79 Å². The fourth-order valence-corrected chi connectivity index (χ4v) is 1.26. The molecule has 0 aliphatic rings. The summed E-state index contributed by atoms with van der Waals surface area (Å²) < 4.78 is 35.3. The number of carbonyl (C=O) groups excluding carboxylic acids is 1. The lowest BCUT2D eigenvalue weighted by atomic mass is 10.6. The number of hydrogen-bond acceptors (Lipinski definition) is 4. The van der Waals surface area contributed by atoms with Crippen LogP contribution in [0.1, 0.15) is 9.80 Å². The van der Waals surface area contributed by atoms with Crippen LogP contribution in [0.3, 0.4) is 0 Å². The number of aromatic nitrogens is 1. The molecule has 0 aromatic carbocycles. The number of alkyl halides is 3. The summed E-state index contributed by atoms with van der Waals surface area (Å²) in [5, 5.41) is 9.23. The average molecular weight is 240 g/mol. The van der Waals surface area contributed by atoms with Crippen molar-refractivity contribution in [3.63, 3.8) is 0 Å². The van der Waals surface area contributed by atoms with Gasteiger partial charge in [-0.05, 0) is 0 Å². The summed E-state index contributed by atoms with van der Waals surface area (Å²) in [4.78, 5) is 24.0. The summed E-state index contributed by atoms with van der Waals surface area (Å²) in [7, 11) is 0. The zero-order chi connectivity index (χ0) is 11.6. The first kappa shape index (κ1) is 11.4. The van der Waals surface area contributed by atoms with Gasteiger partial charge in [-0.2, -0.15) is 13.2 Å². The van der Waals surface area contributed by atoms with Gasteiger partial charge < -0.3 is 10.4 Å². The molecule has 0 saturated heterocycles. The number of thiazole rings is 1. The largest absolute Gasteiger partial charge is 0.476 e. The molecule has 5 nitrogen and oxygen atoms in total. The van der Waals surface area contributed by atoms with Gasteiger partial charge in [0.2, 0.25) is 5.01 Å². The molecule has 0 spiro atoms. The molecular weight excluding hydrogens is 237 g/mol. The summed E-state index contributed by atoms with van der Waals surface area (Å²) in [6.07, 6.45) is -4.16. The molecule has 1 aromatic heterocycles. The van der Waals surface area contributed by atoms with E-state index in [0.717, 1.165) is 6.20 Å². The standard InChI is InChI=1S/C6H3F3N2O3S/c7-6(8,9)5(14)11-2-1-10-3(15-2)4(12)13/h1H,(H,11,14)(H,12,13). The summed E-state index contributed by atoms with van der Waals surface area (Å²) in [6, 6.07) is 0. The smallest absolute Gasteiger partial charge is 0.471 e. The van der Waals surface area contributed by atoms with Crippen molar-refractivity contribution in [3.05, 3.63) is 11.2 Å². The highest BCUT2D eigenvalue weighted by Gasteiger charge is 2.39. The maximum Gasteiger partial charge on any atom is 0.471 e. The highest BCUT2D eigenvalue weighted by molar-refractivity contribution is 7.17. The Bertz CT molecular complexity index is 401. The topological polar surface area (TPSA) is 79.3 Å². The van der Waals surface area contributed by atoms with Crippen molar-refractivity contribution in [2.24, 2.45) is 0 Å². The van der Waals surface area contributed by atoms with Crippen LogP contribution in [0.15, 0.2) is 6.20 Å². The summed E-state index contributed by atoms with van der Waals surface area (Å²) >= 11 is 0.443. The zero-order valence-corrected chi connectivity index (χ0v) is 7.65. The normalized spacial score (nSPS) is 11.1. The molecule has 0 aliphatic heterocycles. The van der Waals surface area contributed by atoms with Crippen molar-refractivity contribution in [3.8, 4) is 0 Å². The second-order valence-electron chi connectivity index (χ2n) is 2.29. The summed E-state index contributed by atoms with van der Waals surface area (Å²) in [5.74, 6) is -3.53. The van der Waals surface area contributed by atoms with Crippen LogP contribution in [0.25, 0.3) is 0 Å². The van der Waals surface area contributed by atoms with Gasteiger partial charge in [0, 0.05) is 0 Å². The second kappa shape index (κ2) is 3.85. The lowest BCUT2D eigenvalue weighted by molar-refractivity contribution is -0.167. The Morgan fingerprint density at radius 2 is 2.07 bits per heavy atom. The van der Waals surface area contributed by atoms with Gasteiger partial charge in [0.1, 0.15) is 5.00 Å². The number of carbonyl (C=O) groups is 2. The molecule has 0 aliphatic carbocycles. The number of hydrogen-bond donors (Lipinski definition) is 2. The number of carboxylic acids is 1. The lowest BCUT2D eigenvalue weighted by Crippen LogP contribution is -2.29. The van der Waals surface area contributed by atoms with Gasteiger partial charge in [-0.25, -0.2) is 9.78 Å². The van der Waals surface area contributed by atoms with E-state index in [9.17, 15) is 22.8 Å². The number of carboxylic acid groups (broad SMARTS) is 1. The molecule has 15 heavy (non-hydrogen) atoms. The van der Waals surface area contributed by atoms with E-state index in [1.807, 2.05) is 0 Å². The first-order valence-corrected chi connectivity index (χ1v) is 4.19. The Morgan fingerprint density at radius 3 is 2.47 bits per heavy atom. The van der Waals surface area contributed by atoms with Gasteiger partial charge >= 0.3 is 18.1 Å². The summed E-state index contributed by atoms with van der Waals surface area (Å²) in [6.45, 7) is 0. The van der Waals surface area contributed by atoms with Crippen molar-refractivity contribution in [2.45, 2.75) is 6.18 Å². The number of nitrogens with one attached hydrogen (secondary N) is 1. The molecule has 1 heterocycles. The molecule has 1 aromatic rings. The number of amides is 1. The van der Waals surface area contributed by atoms with E-state index in [0.29, 0.717) is 11.3 Å². The molecule has 0 radical (unpaired) electrons. The molecule has 0 saturated carbocycles. The molecule has 1 amide bonds. The number of nitrogens with zero attached hydrogens (tertiary/aromatic N) is 1. The fraction of sp³-hybridized carbons (Fsp3) is 0.167. The highest BCUT2D eigenvalue weighted by Crippen LogP contribution is 2.22. The van der Waals surface area contributed by atoms with Crippen LogP contribution in [0, 0.1) is 0 Å². The minimum Gasteiger partial charge on any atom is -0.476 e. The van der Waals surface area contributed by atoms with Gasteiger partial charge in [0.15, 0.2) is 0 Å². The maximum absolute atomic E-state index is 11.8. The van der Waals surface area contributed by atoms with E-state index in [1.165, 1.54) is 5.32 Å². The SMILES string of the molecule is O=C(O)c1ncc(NC(=O)C(F)(F)F)s1. The van der Waals surface area contributed by atoms with Gasteiger partial charge in [-0.3, -0.25) is 4.79 Å². The van der Waals surface area contributed by atoms with Crippen LogP contribution in [-0.4, -0.2) is 28.1 Å². The lowest BCUT2D eigenvalue weighted by Gasteiger charge is -2.04. The molecule has 0 bridgehead atoms. The van der Waals surface area contributed by atoms with Crippen molar-refractivity contribution >= 4 is 28.2 Å². The van der Waals surface area contributed by atoms with E-state index < -0.39 is 23.1 Å². The minimum absolute atomic E-state index is 0.269. The summed E-state index contributed by atoms with van der Waals surface area (Å²) in [5.41, 5.74) is 0. The average Bonchev–Trinajstić information content (AvgIpc) is 2.50. The third kappa shape index (κ3) is 2.91. The Balaban J connectivity index is 2.74. The Morgan fingerprint density at radius 1 is 1.47 bits per heavy atom. The maximum atomic E-state index is 11.8. The molecule has 0 atom stereocenters. The highest BCUT2D eigenvalue weighted by atomic mass is 32.1. The second-order valence-corrected chi connectivity index (χ2v) is 3.32. The van der Waals surface area contributed by atoms with Crippen molar-refractivity contribution in [1.29, 1.82) is 0 Å². The van der Waals surface area contributed by atoms with E-state index in [1.54, 1.807) is 0 Å². The third-order valence-corrected chi connectivity index (χ3v) is 2.08. The van der Waals surface area contributed by atoms with Crippen LogP contribution in [0.2, 0.25) is 0 Å². The predicted octanol–water partition coefficient (Wildman–Crippen LogP) is 1.34. The first-order chi connectivity index (χ1) is 6.80. The van der Waals surface area contributed by atoms with Crippen LogP contribution >= 0.6 is 11.3 Å². The van der Waals surface area contributed by atoms with Gasteiger partial charge in [-0.1, -0.05) is 11.3 Å².